The Morgan fingerprint density at radius 1 is 1.12 bits per heavy atom. The zero-order valence-corrected chi connectivity index (χ0v) is 19.5. The van der Waals surface area contributed by atoms with Crippen LogP contribution in [0.1, 0.15) is 12.5 Å². The molecule has 0 atom stereocenters. The Morgan fingerprint density at radius 2 is 1.88 bits per heavy atom. The van der Waals surface area contributed by atoms with Gasteiger partial charge in [0.1, 0.15) is 11.4 Å². The zero-order valence-electron chi connectivity index (χ0n) is 18.7. The van der Waals surface area contributed by atoms with Crippen LogP contribution in [0, 0.1) is 0 Å². The normalized spacial score (nSPS) is 11.3. The fourth-order valence-corrected chi connectivity index (χ4v) is 4.01. The number of aromatic amines is 1. The average molecular weight is 474 g/mol. The number of thioether (sulfide) groups is 1. The van der Waals surface area contributed by atoms with Crippen molar-refractivity contribution in [3.63, 3.8) is 0 Å². The Morgan fingerprint density at radius 3 is 2.59 bits per heavy atom. The van der Waals surface area contributed by atoms with Crippen molar-refractivity contribution in [2.24, 2.45) is 5.10 Å². The maximum atomic E-state index is 12.5. The van der Waals surface area contributed by atoms with E-state index < -0.39 is 0 Å². The molecule has 0 saturated heterocycles. The summed E-state index contributed by atoms with van der Waals surface area (Å²) in [5.74, 6) is 1.27. The lowest BCUT2D eigenvalue weighted by Gasteiger charge is -2.07. The van der Waals surface area contributed by atoms with E-state index in [2.05, 4.69) is 20.7 Å². The van der Waals surface area contributed by atoms with Crippen LogP contribution in [0.25, 0.3) is 17.1 Å². The number of hydrogen-bond acceptors (Lipinski definition) is 6. The predicted molar refractivity (Wildman–Crippen MR) is 129 cm³/mol. The van der Waals surface area contributed by atoms with Gasteiger partial charge in [-0.15, -0.1) is 10.8 Å². The van der Waals surface area contributed by atoms with Crippen molar-refractivity contribution in [3.05, 3.63) is 84.4 Å². The molecule has 34 heavy (non-hydrogen) atoms. The molecule has 1 aromatic heterocycles. The van der Waals surface area contributed by atoms with Gasteiger partial charge in [-0.1, -0.05) is 42.5 Å². The number of hydrogen-bond donors (Lipinski definition) is 2. The number of carbonyl (C=O) groups excluding carboxylic acids is 1. The molecule has 0 aliphatic heterocycles. The lowest BCUT2D eigenvalue weighted by Crippen LogP contribution is -2.34. The highest BCUT2D eigenvalue weighted by atomic mass is 32.2. The van der Waals surface area contributed by atoms with Gasteiger partial charge in [0.25, 0.3) is 11.7 Å². The molecule has 0 saturated carbocycles. The summed E-state index contributed by atoms with van der Waals surface area (Å²) in [5.41, 5.74) is 5.60. The quantitative estimate of drug-likeness (QED) is 0.177. The van der Waals surface area contributed by atoms with Crippen LogP contribution < -0.4 is 19.8 Å². The summed E-state index contributed by atoms with van der Waals surface area (Å²) in [5, 5.41) is 23.8. The predicted octanol–water partition coefficient (Wildman–Crippen LogP) is 3.07. The van der Waals surface area contributed by atoms with E-state index in [0.29, 0.717) is 16.4 Å². The minimum atomic E-state index is -0.281. The van der Waals surface area contributed by atoms with Gasteiger partial charge in [0.2, 0.25) is 0 Å². The van der Waals surface area contributed by atoms with E-state index >= 15 is 0 Å². The fourth-order valence-electron chi connectivity index (χ4n) is 3.25. The topological polar surface area (TPSA) is 106 Å². The summed E-state index contributed by atoms with van der Waals surface area (Å²) in [6.45, 7) is 1.74. The molecule has 1 heterocycles. The van der Waals surface area contributed by atoms with E-state index in [1.165, 1.54) is 23.9 Å². The molecule has 3 aromatic carbocycles. The zero-order chi connectivity index (χ0) is 23.9. The van der Waals surface area contributed by atoms with E-state index in [9.17, 15) is 9.90 Å². The van der Waals surface area contributed by atoms with Gasteiger partial charge in [-0.05, 0) is 60.6 Å². The Bertz CT molecular complexity index is 1300. The summed E-state index contributed by atoms with van der Waals surface area (Å²) in [7, 11) is 1.63. The first kappa shape index (κ1) is 23.1. The van der Waals surface area contributed by atoms with Gasteiger partial charge in [-0.25, -0.2) is 5.43 Å². The van der Waals surface area contributed by atoms with Crippen molar-refractivity contribution in [2.75, 3.05) is 12.9 Å². The lowest BCUT2D eigenvalue weighted by atomic mass is 10.1. The van der Waals surface area contributed by atoms with E-state index in [-0.39, 0.29) is 17.4 Å². The van der Waals surface area contributed by atoms with Crippen LogP contribution in [0.2, 0.25) is 0 Å². The van der Waals surface area contributed by atoms with Crippen molar-refractivity contribution in [1.82, 2.24) is 15.6 Å². The first-order chi connectivity index (χ1) is 16.5. The molecule has 4 aromatic rings. The van der Waals surface area contributed by atoms with Crippen LogP contribution in [-0.4, -0.2) is 34.7 Å². The number of benzene rings is 3. The summed E-state index contributed by atoms with van der Waals surface area (Å²) in [6, 6.07) is 23.8. The number of hydrazone groups is 1. The van der Waals surface area contributed by atoms with Crippen molar-refractivity contribution in [1.29, 1.82) is 0 Å². The number of amides is 1. The number of carbonyl (C=O) groups is 1. The third-order valence-corrected chi connectivity index (χ3v) is 5.92. The number of methoxy groups -OCH3 is 1. The molecule has 0 spiro atoms. The lowest BCUT2D eigenvalue weighted by molar-refractivity contribution is -0.625. The van der Waals surface area contributed by atoms with Crippen LogP contribution in [0.3, 0.4) is 0 Å². The smallest absolute Gasteiger partial charge is 0.342 e. The van der Waals surface area contributed by atoms with E-state index in [0.717, 1.165) is 22.8 Å². The Labute approximate surface area is 201 Å². The van der Waals surface area contributed by atoms with E-state index in [1.54, 1.807) is 26.2 Å². The SMILES string of the molecule is COc1ccc(-c2[nH]nc(SCC(=O)NN=C(C)c3cccc([O-])c3)[n+]2-c2ccccc2)cc1. The number of nitrogens with zero attached hydrogens (tertiary/aromatic N) is 3. The summed E-state index contributed by atoms with van der Waals surface area (Å²) in [4.78, 5) is 12.5. The van der Waals surface area contributed by atoms with Gasteiger partial charge in [0, 0.05) is 0 Å². The average Bonchev–Trinajstić information content (AvgIpc) is 3.30. The summed E-state index contributed by atoms with van der Waals surface area (Å²) in [6.07, 6.45) is 0. The molecule has 4 rings (SSSR count). The second kappa shape index (κ2) is 10.7. The Kier molecular flexibility index (Phi) is 7.24. The molecule has 8 nitrogen and oxygen atoms in total. The number of ether oxygens (including phenoxy) is 1. The minimum absolute atomic E-state index is 0.106. The largest absolute Gasteiger partial charge is 0.872 e. The molecular formula is C25H23N5O3S. The number of para-hydroxylation sites is 1. The molecule has 0 aliphatic carbocycles. The number of H-pyrrole nitrogens is 1. The van der Waals surface area contributed by atoms with Crippen molar-refractivity contribution >= 4 is 23.4 Å². The van der Waals surface area contributed by atoms with E-state index in [1.807, 2.05) is 59.2 Å². The second-order valence-electron chi connectivity index (χ2n) is 7.30. The highest BCUT2D eigenvalue weighted by Gasteiger charge is 2.24. The van der Waals surface area contributed by atoms with Gasteiger partial charge in [-0.2, -0.15) is 9.67 Å². The van der Waals surface area contributed by atoms with Crippen LogP contribution in [-0.2, 0) is 4.79 Å². The van der Waals surface area contributed by atoms with Crippen molar-refractivity contribution < 1.29 is 19.2 Å². The van der Waals surface area contributed by atoms with Gasteiger partial charge in [0.05, 0.1) is 29.2 Å². The first-order valence-electron chi connectivity index (χ1n) is 10.5. The number of aromatic nitrogens is 3. The summed E-state index contributed by atoms with van der Waals surface area (Å²) >= 11 is 1.29. The molecule has 1 amide bonds. The van der Waals surface area contributed by atoms with E-state index in [4.69, 9.17) is 4.74 Å². The van der Waals surface area contributed by atoms with Gasteiger partial charge < -0.3 is 9.84 Å². The third-order valence-electron chi connectivity index (χ3n) is 4.98. The molecule has 9 heteroatoms. The molecule has 0 unspecified atom stereocenters. The van der Waals surface area contributed by atoms with Crippen molar-refractivity contribution in [3.8, 4) is 28.6 Å². The summed E-state index contributed by atoms with van der Waals surface area (Å²) < 4.78 is 7.22. The molecule has 0 bridgehead atoms. The first-order valence-corrected chi connectivity index (χ1v) is 11.5. The molecule has 0 fully saturated rings. The van der Waals surface area contributed by atoms with Gasteiger partial charge in [0.15, 0.2) is 0 Å². The Hall–Kier alpha value is -4.11. The number of nitrogens with one attached hydrogen (secondary N) is 2. The minimum Gasteiger partial charge on any atom is -0.872 e. The monoisotopic (exact) mass is 473 g/mol. The molecule has 0 radical (unpaired) electrons. The van der Waals surface area contributed by atoms with Crippen LogP contribution in [0.5, 0.6) is 11.5 Å². The number of rotatable bonds is 8. The Balaban J connectivity index is 1.52. The maximum Gasteiger partial charge on any atom is 0.342 e. The van der Waals surface area contributed by atoms with Gasteiger partial charge in [-0.3, -0.25) is 4.79 Å². The third kappa shape index (κ3) is 5.44. The van der Waals surface area contributed by atoms with Crippen LogP contribution >= 0.6 is 11.8 Å². The molecule has 0 aliphatic rings. The molecule has 172 valence electrons. The van der Waals surface area contributed by atoms with Gasteiger partial charge >= 0.3 is 5.16 Å². The van der Waals surface area contributed by atoms with Crippen molar-refractivity contribution in [2.45, 2.75) is 12.1 Å². The molecule has 2 N–H and O–H groups in total. The second-order valence-corrected chi connectivity index (χ2v) is 8.25. The van der Waals surface area contributed by atoms with Crippen LogP contribution in [0.15, 0.2) is 89.1 Å². The highest BCUT2D eigenvalue weighted by Crippen LogP contribution is 2.22. The fraction of sp³-hybridized carbons (Fsp3) is 0.120. The standard InChI is InChI=1S/C25H23N5O3S/c1-17(19-7-6-10-21(31)15-19)26-27-23(32)16-34-25-29-28-24(18-11-13-22(33-2)14-12-18)30(25)20-8-4-3-5-9-20/h3-15H,16H2,1-2H3,(H2,27,31,32). The van der Waals surface area contributed by atoms with Crippen LogP contribution in [0.4, 0.5) is 0 Å². The maximum absolute atomic E-state index is 12.5. The molecular weight excluding hydrogens is 450 g/mol. The highest BCUT2D eigenvalue weighted by molar-refractivity contribution is 7.99.